The lowest BCUT2D eigenvalue weighted by atomic mass is 9.73. The Hall–Kier alpha value is -1.03. The van der Waals surface area contributed by atoms with Crippen LogP contribution in [0.3, 0.4) is 0 Å². The zero-order valence-corrected chi connectivity index (χ0v) is 19.1. The first-order valence-corrected chi connectivity index (χ1v) is 9.49. The highest BCUT2D eigenvalue weighted by Crippen LogP contribution is 2.37. The summed E-state index contributed by atoms with van der Waals surface area (Å²) in [5.41, 5.74) is -0.295. The summed E-state index contributed by atoms with van der Waals surface area (Å²) in [6.07, 6.45) is -0.836. The van der Waals surface area contributed by atoms with Gasteiger partial charge in [0.05, 0.1) is 5.56 Å². The molecule has 0 spiro atoms. The summed E-state index contributed by atoms with van der Waals surface area (Å²) < 4.78 is 45.0. The molecule has 28 heavy (non-hydrogen) atoms. The first-order chi connectivity index (χ1) is 12.8. The molecule has 1 heterocycles. The molecule has 8 heteroatoms. The summed E-state index contributed by atoms with van der Waals surface area (Å²) >= 11 is 0. The Bertz CT molecular complexity index is 631. The van der Waals surface area contributed by atoms with Crippen molar-refractivity contribution in [3.8, 4) is 0 Å². The highest BCUT2D eigenvalue weighted by molar-refractivity contribution is 14.0. The fourth-order valence-corrected chi connectivity index (χ4v) is 3.49. The second-order valence-electron chi connectivity index (χ2n) is 7.15. The lowest BCUT2D eigenvalue weighted by molar-refractivity contribution is -0.137. The molecule has 2 rings (SSSR count). The van der Waals surface area contributed by atoms with Gasteiger partial charge in [0.1, 0.15) is 0 Å². The number of benzene rings is 1. The molecule has 0 aromatic heterocycles. The van der Waals surface area contributed by atoms with Gasteiger partial charge in [0.15, 0.2) is 5.96 Å². The van der Waals surface area contributed by atoms with Crippen molar-refractivity contribution >= 4 is 29.9 Å². The molecule has 1 aliphatic heterocycles. The molecule has 1 aromatic rings. The minimum Gasteiger partial charge on any atom is -0.381 e. The number of ether oxygens (including phenoxy) is 1. The van der Waals surface area contributed by atoms with E-state index in [1.807, 2.05) is 7.05 Å². The van der Waals surface area contributed by atoms with E-state index in [1.165, 1.54) is 12.1 Å². The van der Waals surface area contributed by atoms with Gasteiger partial charge < -0.3 is 15.0 Å². The molecule has 0 aliphatic carbocycles. The second-order valence-corrected chi connectivity index (χ2v) is 7.15. The van der Waals surface area contributed by atoms with Crippen LogP contribution in [0.4, 0.5) is 13.2 Å². The van der Waals surface area contributed by atoms with Gasteiger partial charge in [0, 0.05) is 45.8 Å². The third-order valence-corrected chi connectivity index (χ3v) is 5.26. The first-order valence-electron chi connectivity index (χ1n) is 9.49. The number of aliphatic imine (C=N–C) groups is 1. The molecule has 0 unspecified atom stereocenters. The highest BCUT2D eigenvalue weighted by atomic mass is 127. The predicted octanol–water partition coefficient (Wildman–Crippen LogP) is 4.68. The molecule has 1 aliphatic rings. The van der Waals surface area contributed by atoms with Crippen molar-refractivity contribution in [2.24, 2.45) is 4.99 Å². The van der Waals surface area contributed by atoms with E-state index in [1.54, 1.807) is 13.1 Å². The number of hydrogen-bond acceptors (Lipinski definition) is 2. The average Bonchev–Trinajstić information content (AvgIpc) is 2.67. The van der Waals surface area contributed by atoms with Crippen molar-refractivity contribution in [3.05, 3.63) is 35.4 Å². The molecule has 0 amide bonds. The van der Waals surface area contributed by atoms with Crippen LogP contribution in [0.2, 0.25) is 0 Å². The number of rotatable bonds is 6. The third kappa shape index (κ3) is 6.50. The topological polar surface area (TPSA) is 36.9 Å². The van der Waals surface area contributed by atoms with E-state index in [9.17, 15) is 13.2 Å². The van der Waals surface area contributed by atoms with E-state index in [0.29, 0.717) is 38.2 Å². The minimum atomic E-state index is -4.34. The minimum absolute atomic E-state index is 0. The maximum absolute atomic E-state index is 13.2. The van der Waals surface area contributed by atoms with Crippen LogP contribution in [-0.2, 0) is 16.3 Å². The fourth-order valence-electron chi connectivity index (χ4n) is 3.49. The normalized spacial score (nSPS) is 17.0. The highest BCUT2D eigenvalue weighted by Gasteiger charge is 2.37. The molecule has 1 N–H and O–H groups in total. The molecule has 0 radical (unpaired) electrons. The van der Waals surface area contributed by atoms with Crippen molar-refractivity contribution in [3.63, 3.8) is 0 Å². The fraction of sp³-hybridized carbons (Fsp3) is 0.650. The van der Waals surface area contributed by atoms with E-state index in [-0.39, 0.29) is 24.0 Å². The molecule has 1 saturated heterocycles. The van der Waals surface area contributed by atoms with Crippen LogP contribution in [0.1, 0.15) is 43.7 Å². The summed E-state index contributed by atoms with van der Waals surface area (Å²) in [5.74, 6) is 0.765. The van der Waals surface area contributed by atoms with Crippen molar-refractivity contribution in [2.45, 2.75) is 44.2 Å². The Labute approximate surface area is 182 Å². The van der Waals surface area contributed by atoms with Gasteiger partial charge in [-0.3, -0.25) is 4.99 Å². The van der Waals surface area contributed by atoms with Crippen LogP contribution in [0.15, 0.2) is 29.3 Å². The van der Waals surface area contributed by atoms with E-state index < -0.39 is 17.2 Å². The van der Waals surface area contributed by atoms with E-state index in [4.69, 9.17) is 4.74 Å². The number of nitrogens with zero attached hydrogens (tertiary/aromatic N) is 2. The zero-order valence-electron chi connectivity index (χ0n) is 16.8. The van der Waals surface area contributed by atoms with Crippen LogP contribution in [0.5, 0.6) is 0 Å². The Morgan fingerprint density at radius 1 is 1.29 bits per heavy atom. The second kappa shape index (κ2) is 11.2. The number of alkyl halides is 3. The van der Waals surface area contributed by atoms with Gasteiger partial charge >= 0.3 is 6.18 Å². The smallest absolute Gasteiger partial charge is 0.381 e. The lowest BCUT2D eigenvalue weighted by Crippen LogP contribution is -2.48. The average molecular weight is 513 g/mol. The third-order valence-electron chi connectivity index (χ3n) is 5.26. The van der Waals surface area contributed by atoms with E-state index in [0.717, 1.165) is 31.4 Å². The molecule has 4 nitrogen and oxygen atoms in total. The largest absolute Gasteiger partial charge is 0.416 e. The van der Waals surface area contributed by atoms with Gasteiger partial charge in [-0.15, -0.1) is 24.0 Å². The maximum atomic E-state index is 13.2. The summed E-state index contributed by atoms with van der Waals surface area (Å²) in [6, 6.07) is 5.71. The SMILES string of the molecule is CCCCN(C)C(=NC)NCC1(c2cccc(C(F)(F)F)c2)CCOCC1.I. The van der Waals surface area contributed by atoms with E-state index >= 15 is 0 Å². The number of hydrogen-bond donors (Lipinski definition) is 1. The zero-order chi connectivity index (χ0) is 19.9. The molecule has 0 saturated carbocycles. The van der Waals surface area contributed by atoms with Gasteiger partial charge in [-0.25, -0.2) is 0 Å². The molecule has 0 atom stereocenters. The van der Waals surface area contributed by atoms with Crippen LogP contribution < -0.4 is 5.32 Å². The van der Waals surface area contributed by atoms with E-state index in [2.05, 4.69) is 22.1 Å². The molecule has 0 bridgehead atoms. The summed E-state index contributed by atoms with van der Waals surface area (Å²) in [5, 5.41) is 3.38. The molecular formula is C20H31F3IN3O. The van der Waals surface area contributed by atoms with Crippen LogP contribution in [-0.4, -0.2) is 51.3 Å². The first kappa shape index (κ1) is 25.0. The van der Waals surface area contributed by atoms with Crippen LogP contribution >= 0.6 is 24.0 Å². The Kier molecular flexibility index (Phi) is 10.0. The van der Waals surface area contributed by atoms with Crippen molar-refractivity contribution in [1.82, 2.24) is 10.2 Å². The molecule has 160 valence electrons. The maximum Gasteiger partial charge on any atom is 0.416 e. The van der Waals surface area contributed by atoms with Gasteiger partial charge in [0.25, 0.3) is 0 Å². The van der Waals surface area contributed by atoms with Crippen LogP contribution in [0.25, 0.3) is 0 Å². The number of unbranched alkanes of at least 4 members (excludes halogenated alkanes) is 1. The monoisotopic (exact) mass is 513 g/mol. The van der Waals surface area contributed by atoms with Gasteiger partial charge in [-0.05, 0) is 30.9 Å². The number of nitrogens with one attached hydrogen (secondary N) is 1. The molecular weight excluding hydrogens is 482 g/mol. The van der Waals surface area contributed by atoms with Gasteiger partial charge in [0.2, 0.25) is 0 Å². The van der Waals surface area contributed by atoms with Crippen molar-refractivity contribution in [2.75, 3.05) is 40.4 Å². The summed E-state index contributed by atoms with van der Waals surface area (Å²) in [6.45, 7) is 4.63. The predicted molar refractivity (Wildman–Crippen MR) is 117 cm³/mol. The number of halogens is 4. The molecule has 1 aromatic carbocycles. The summed E-state index contributed by atoms with van der Waals surface area (Å²) in [4.78, 5) is 6.39. The Morgan fingerprint density at radius 3 is 2.54 bits per heavy atom. The van der Waals surface area contributed by atoms with Crippen molar-refractivity contribution in [1.29, 1.82) is 0 Å². The Morgan fingerprint density at radius 2 is 1.96 bits per heavy atom. The van der Waals surface area contributed by atoms with Gasteiger partial charge in [-0.1, -0.05) is 31.5 Å². The quantitative estimate of drug-likeness (QED) is 0.341. The molecule has 1 fully saturated rings. The van der Waals surface area contributed by atoms with Crippen molar-refractivity contribution < 1.29 is 17.9 Å². The number of guanidine groups is 1. The summed E-state index contributed by atoms with van der Waals surface area (Å²) in [7, 11) is 3.71. The van der Waals surface area contributed by atoms with Crippen LogP contribution in [0, 0.1) is 0 Å². The Balaban J connectivity index is 0.00000392. The lowest BCUT2D eigenvalue weighted by Gasteiger charge is -2.39. The standard InChI is InChI=1S/C20H30F3N3O.HI/c1-4-5-11-26(3)18(24-2)25-15-19(9-12-27-13-10-19)16-7-6-8-17(14-16)20(21,22)23;/h6-8,14H,4-5,9-13,15H2,1-3H3,(H,24,25);1H. The van der Waals surface area contributed by atoms with Gasteiger partial charge in [-0.2, -0.15) is 13.2 Å².